The minimum atomic E-state index is -0.660. The van der Waals surface area contributed by atoms with E-state index in [2.05, 4.69) is 0 Å². The fraction of sp³-hybridized carbons (Fsp3) is 0.455. The predicted octanol–water partition coefficient (Wildman–Crippen LogP) is 3.75. The lowest BCUT2D eigenvalue weighted by atomic mass is 10.2. The fourth-order valence-corrected chi connectivity index (χ4v) is 1.36. The van der Waals surface area contributed by atoms with Gasteiger partial charge in [0.15, 0.2) is 17.4 Å². The Balaban J connectivity index is 2.37. The van der Waals surface area contributed by atoms with Crippen LogP contribution in [0.1, 0.15) is 19.3 Å². The normalized spacial score (nSPS) is 10.3. The van der Waals surface area contributed by atoms with Crippen LogP contribution in [0.5, 0.6) is 5.75 Å². The topological polar surface area (TPSA) is 9.23 Å². The Labute approximate surface area is 93.0 Å². The summed E-state index contributed by atoms with van der Waals surface area (Å²) >= 11 is 5.49. The SMILES string of the molecule is Fc1cccc(F)c1OCCCCCCl. The van der Waals surface area contributed by atoms with E-state index in [4.69, 9.17) is 16.3 Å². The van der Waals surface area contributed by atoms with Crippen molar-refractivity contribution >= 4 is 11.6 Å². The van der Waals surface area contributed by atoms with Crippen LogP contribution < -0.4 is 4.74 Å². The molecule has 0 atom stereocenters. The second-order valence-corrected chi connectivity index (χ2v) is 3.53. The average molecular weight is 235 g/mol. The lowest BCUT2D eigenvalue weighted by Gasteiger charge is -2.07. The van der Waals surface area contributed by atoms with Gasteiger partial charge in [-0.25, -0.2) is 8.78 Å². The van der Waals surface area contributed by atoms with Crippen LogP contribution in [-0.4, -0.2) is 12.5 Å². The molecule has 1 aromatic rings. The number of halogens is 3. The number of para-hydroxylation sites is 1. The highest BCUT2D eigenvalue weighted by atomic mass is 35.5. The third kappa shape index (κ3) is 4.04. The van der Waals surface area contributed by atoms with E-state index in [0.717, 1.165) is 19.3 Å². The maximum atomic E-state index is 13.0. The Bertz CT molecular complexity index is 284. The van der Waals surface area contributed by atoms with E-state index in [-0.39, 0.29) is 5.75 Å². The lowest BCUT2D eigenvalue weighted by molar-refractivity contribution is 0.276. The molecule has 1 nitrogen and oxygen atoms in total. The number of hydrogen-bond acceptors (Lipinski definition) is 1. The van der Waals surface area contributed by atoms with Crippen molar-refractivity contribution in [2.24, 2.45) is 0 Å². The highest BCUT2D eigenvalue weighted by Gasteiger charge is 2.08. The average Bonchev–Trinajstić information content (AvgIpc) is 2.21. The van der Waals surface area contributed by atoms with Crippen molar-refractivity contribution in [3.8, 4) is 5.75 Å². The molecule has 0 amide bonds. The van der Waals surface area contributed by atoms with E-state index in [1.807, 2.05) is 0 Å². The molecule has 0 heterocycles. The highest BCUT2D eigenvalue weighted by Crippen LogP contribution is 2.20. The summed E-state index contributed by atoms with van der Waals surface area (Å²) in [4.78, 5) is 0. The predicted molar refractivity (Wildman–Crippen MR) is 56.4 cm³/mol. The molecule has 0 aliphatic rings. The molecule has 0 unspecified atom stereocenters. The second-order valence-electron chi connectivity index (χ2n) is 3.15. The van der Waals surface area contributed by atoms with Crippen molar-refractivity contribution < 1.29 is 13.5 Å². The van der Waals surface area contributed by atoms with E-state index in [9.17, 15) is 8.78 Å². The van der Waals surface area contributed by atoms with Crippen molar-refractivity contribution in [3.63, 3.8) is 0 Å². The van der Waals surface area contributed by atoms with Crippen molar-refractivity contribution in [1.29, 1.82) is 0 Å². The quantitative estimate of drug-likeness (QED) is 0.538. The van der Waals surface area contributed by atoms with Crippen LogP contribution >= 0.6 is 11.6 Å². The Morgan fingerprint density at radius 3 is 2.33 bits per heavy atom. The molecular formula is C11H13ClF2O. The summed E-state index contributed by atoms with van der Waals surface area (Å²) in [7, 11) is 0. The third-order valence-corrected chi connectivity index (χ3v) is 2.21. The Morgan fingerprint density at radius 2 is 1.73 bits per heavy atom. The van der Waals surface area contributed by atoms with Crippen LogP contribution in [0.15, 0.2) is 18.2 Å². The van der Waals surface area contributed by atoms with Crippen molar-refractivity contribution in [3.05, 3.63) is 29.8 Å². The fourth-order valence-electron chi connectivity index (χ4n) is 1.17. The minimum absolute atomic E-state index is 0.289. The van der Waals surface area contributed by atoms with Gasteiger partial charge in [-0.05, 0) is 31.4 Å². The number of ether oxygens (including phenoxy) is 1. The lowest BCUT2D eigenvalue weighted by Crippen LogP contribution is -2.01. The van der Waals surface area contributed by atoms with Gasteiger partial charge in [-0.1, -0.05) is 6.07 Å². The molecular weight excluding hydrogens is 222 g/mol. The van der Waals surface area contributed by atoms with Gasteiger partial charge in [-0.15, -0.1) is 11.6 Å². The standard InChI is InChI=1S/C11H13ClF2O/c12-7-2-1-3-8-15-11-9(13)5-4-6-10(11)14/h4-6H,1-3,7-8H2. The first-order valence-electron chi connectivity index (χ1n) is 4.88. The molecule has 0 radical (unpaired) electrons. The van der Waals surface area contributed by atoms with E-state index in [0.29, 0.717) is 12.5 Å². The molecule has 0 aliphatic heterocycles. The molecule has 4 heteroatoms. The molecule has 0 bridgehead atoms. The Kier molecular flexibility index (Phi) is 5.40. The number of rotatable bonds is 6. The maximum absolute atomic E-state index is 13.0. The van der Waals surface area contributed by atoms with Crippen LogP contribution in [0.3, 0.4) is 0 Å². The first-order valence-corrected chi connectivity index (χ1v) is 5.42. The van der Waals surface area contributed by atoms with Crippen LogP contribution in [0.25, 0.3) is 0 Å². The molecule has 84 valence electrons. The van der Waals surface area contributed by atoms with Gasteiger partial charge in [0.05, 0.1) is 6.61 Å². The van der Waals surface area contributed by atoms with Gasteiger partial charge in [0, 0.05) is 5.88 Å². The molecule has 0 spiro atoms. The monoisotopic (exact) mass is 234 g/mol. The number of unbranched alkanes of at least 4 members (excludes halogenated alkanes) is 2. The zero-order chi connectivity index (χ0) is 11.1. The van der Waals surface area contributed by atoms with E-state index < -0.39 is 11.6 Å². The first-order chi connectivity index (χ1) is 7.25. The van der Waals surface area contributed by atoms with Gasteiger partial charge >= 0.3 is 0 Å². The van der Waals surface area contributed by atoms with Crippen LogP contribution in [0.2, 0.25) is 0 Å². The van der Waals surface area contributed by atoms with Crippen molar-refractivity contribution in [1.82, 2.24) is 0 Å². The third-order valence-electron chi connectivity index (χ3n) is 1.94. The maximum Gasteiger partial charge on any atom is 0.190 e. The van der Waals surface area contributed by atoms with Gasteiger partial charge in [0.25, 0.3) is 0 Å². The van der Waals surface area contributed by atoms with Gasteiger partial charge in [-0.3, -0.25) is 0 Å². The molecule has 0 saturated carbocycles. The molecule has 15 heavy (non-hydrogen) atoms. The van der Waals surface area contributed by atoms with Crippen LogP contribution in [0.4, 0.5) is 8.78 Å². The summed E-state index contributed by atoms with van der Waals surface area (Å²) in [6.07, 6.45) is 2.55. The van der Waals surface area contributed by atoms with Gasteiger partial charge in [-0.2, -0.15) is 0 Å². The first kappa shape index (κ1) is 12.2. The van der Waals surface area contributed by atoms with Crippen molar-refractivity contribution in [2.45, 2.75) is 19.3 Å². The van der Waals surface area contributed by atoms with Gasteiger partial charge < -0.3 is 4.74 Å². The highest BCUT2D eigenvalue weighted by molar-refractivity contribution is 6.17. The molecule has 1 aromatic carbocycles. The van der Waals surface area contributed by atoms with Crippen LogP contribution in [0, 0.1) is 11.6 Å². The molecule has 0 N–H and O–H groups in total. The summed E-state index contributed by atoms with van der Waals surface area (Å²) < 4.78 is 31.1. The van der Waals surface area contributed by atoms with Gasteiger partial charge in [0.1, 0.15) is 0 Å². The molecule has 1 rings (SSSR count). The largest absolute Gasteiger partial charge is 0.488 e. The van der Waals surface area contributed by atoms with E-state index in [1.54, 1.807) is 0 Å². The summed E-state index contributed by atoms with van der Waals surface area (Å²) in [5, 5.41) is 0. The molecule has 0 saturated heterocycles. The molecule has 0 aromatic heterocycles. The number of alkyl halides is 1. The van der Waals surface area contributed by atoms with Crippen molar-refractivity contribution in [2.75, 3.05) is 12.5 Å². The zero-order valence-electron chi connectivity index (χ0n) is 8.31. The summed E-state index contributed by atoms with van der Waals surface area (Å²) in [6, 6.07) is 3.67. The second kappa shape index (κ2) is 6.62. The number of hydrogen-bond donors (Lipinski definition) is 0. The summed E-state index contributed by atoms with van der Waals surface area (Å²) in [5.41, 5.74) is 0. The van der Waals surface area contributed by atoms with Crippen LogP contribution in [-0.2, 0) is 0 Å². The molecule has 0 aliphatic carbocycles. The summed E-state index contributed by atoms with van der Waals surface area (Å²) in [6.45, 7) is 0.314. The van der Waals surface area contributed by atoms with E-state index in [1.165, 1.54) is 18.2 Å². The van der Waals surface area contributed by atoms with E-state index >= 15 is 0 Å². The Hall–Kier alpha value is -0.830. The minimum Gasteiger partial charge on any atom is -0.488 e. The van der Waals surface area contributed by atoms with Gasteiger partial charge in [0.2, 0.25) is 0 Å². The number of benzene rings is 1. The Morgan fingerprint density at radius 1 is 1.07 bits per heavy atom. The zero-order valence-corrected chi connectivity index (χ0v) is 9.07. The molecule has 0 fully saturated rings. The summed E-state index contributed by atoms with van der Waals surface area (Å²) in [5.74, 6) is -1.00. The smallest absolute Gasteiger partial charge is 0.190 e.